The number of methoxy groups -OCH3 is 1. The van der Waals surface area contributed by atoms with Crippen LogP contribution in [0.15, 0.2) is 60.0 Å². The van der Waals surface area contributed by atoms with Crippen LogP contribution in [0.4, 0.5) is 5.95 Å². The third kappa shape index (κ3) is 3.29. The van der Waals surface area contributed by atoms with E-state index in [2.05, 4.69) is 49.9 Å². The van der Waals surface area contributed by atoms with Crippen LogP contribution in [0, 0.1) is 0 Å². The largest absolute Gasteiger partial charge is 0.467 e. The van der Waals surface area contributed by atoms with Gasteiger partial charge in [-0.2, -0.15) is 15.0 Å². The minimum atomic E-state index is 0.302. The van der Waals surface area contributed by atoms with Gasteiger partial charge in [0.1, 0.15) is 0 Å². The molecular weight excluding hydrogens is 332 g/mol. The Labute approximate surface area is 149 Å². The van der Waals surface area contributed by atoms with E-state index in [1.165, 1.54) is 4.70 Å². The van der Waals surface area contributed by atoms with Crippen LogP contribution in [0.2, 0.25) is 0 Å². The average Bonchev–Trinajstić information content (AvgIpc) is 3.11. The maximum absolute atomic E-state index is 5.26. The summed E-state index contributed by atoms with van der Waals surface area (Å²) >= 11 is 1.68. The molecule has 0 fully saturated rings. The van der Waals surface area contributed by atoms with Crippen molar-refractivity contribution >= 4 is 27.4 Å². The van der Waals surface area contributed by atoms with Gasteiger partial charge in [0, 0.05) is 27.6 Å². The van der Waals surface area contributed by atoms with Crippen LogP contribution in [0.1, 0.15) is 5.56 Å². The van der Waals surface area contributed by atoms with Crippen LogP contribution < -0.4 is 10.1 Å². The van der Waals surface area contributed by atoms with Crippen molar-refractivity contribution in [1.82, 2.24) is 15.0 Å². The van der Waals surface area contributed by atoms with E-state index in [9.17, 15) is 0 Å². The maximum Gasteiger partial charge on any atom is 0.321 e. The topological polar surface area (TPSA) is 59.9 Å². The van der Waals surface area contributed by atoms with Gasteiger partial charge in [-0.3, -0.25) is 0 Å². The highest BCUT2D eigenvalue weighted by Crippen LogP contribution is 2.32. The Hall–Kier alpha value is -2.99. The van der Waals surface area contributed by atoms with Crippen molar-refractivity contribution in [2.75, 3.05) is 12.4 Å². The van der Waals surface area contributed by atoms with Crippen LogP contribution in [-0.2, 0) is 6.54 Å². The molecule has 0 atom stereocenters. The van der Waals surface area contributed by atoms with Gasteiger partial charge in [-0.15, -0.1) is 11.3 Å². The van der Waals surface area contributed by atoms with Crippen molar-refractivity contribution in [3.05, 3.63) is 65.5 Å². The summed E-state index contributed by atoms with van der Waals surface area (Å²) < 4.78 is 6.46. The molecule has 2 aromatic carbocycles. The molecule has 0 saturated carbocycles. The Morgan fingerprint density at radius 1 is 0.960 bits per heavy atom. The molecule has 0 bridgehead atoms. The number of aromatic nitrogens is 3. The molecule has 0 radical (unpaired) electrons. The van der Waals surface area contributed by atoms with Crippen LogP contribution in [0.25, 0.3) is 21.5 Å². The molecule has 2 aromatic heterocycles. The zero-order valence-electron chi connectivity index (χ0n) is 13.6. The molecule has 25 heavy (non-hydrogen) atoms. The Kier molecular flexibility index (Phi) is 4.26. The summed E-state index contributed by atoms with van der Waals surface area (Å²) in [5, 5.41) is 6.45. The van der Waals surface area contributed by atoms with Gasteiger partial charge in [0.2, 0.25) is 5.95 Å². The lowest BCUT2D eigenvalue weighted by Gasteiger charge is -2.08. The lowest BCUT2D eigenvalue weighted by Crippen LogP contribution is -2.07. The van der Waals surface area contributed by atoms with Gasteiger partial charge in [-0.05, 0) is 11.6 Å². The summed E-state index contributed by atoms with van der Waals surface area (Å²) in [6.45, 7) is 0.637. The predicted molar refractivity (Wildman–Crippen MR) is 101 cm³/mol. The van der Waals surface area contributed by atoms with Crippen molar-refractivity contribution in [1.29, 1.82) is 0 Å². The summed E-state index contributed by atoms with van der Waals surface area (Å²) in [4.78, 5) is 13.3. The van der Waals surface area contributed by atoms with Gasteiger partial charge in [-0.25, -0.2) is 0 Å². The van der Waals surface area contributed by atoms with Crippen LogP contribution in [0.3, 0.4) is 0 Å². The highest BCUT2D eigenvalue weighted by molar-refractivity contribution is 7.17. The molecule has 2 heterocycles. The summed E-state index contributed by atoms with van der Waals surface area (Å²) in [5.41, 5.74) is 2.15. The molecule has 0 amide bonds. The van der Waals surface area contributed by atoms with Gasteiger partial charge in [0.05, 0.1) is 7.11 Å². The number of benzene rings is 2. The first-order chi connectivity index (χ1) is 12.3. The second kappa shape index (κ2) is 6.86. The molecule has 4 aromatic rings. The number of hydrogen-bond donors (Lipinski definition) is 1. The fourth-order valence-corrected chi connectivity index (χ4v) is 3.51. The number of nitrogens with zero attached hydrogens (tertiary/aromatic N) is 3. The molecule has 0 saturated heterocycles. The van der Waals surface area contributed by atoms with E-state index >= 15 is 0 Å². The summed E-state index contributed by atoms with van der Waals surface area (Å²) in [6, 6.07) is 18.6. The number of thiophene rings is 1. The number of fused-ring (bicyclic) bond motifs is 1. The van der Waals surface area contributed by atoms with Crippen molar-refractivity contribution in [2.45, 2.75) is 6.54 Å². The van der Waals surface area contributed by atoms with E-state index in [-0.39, 0.29) is 0 Å². The summed E-state index contributed by atoms with van der Waals surface area (Å²) in [7, 11) is 1.56. The second-order valence-corrected chi connectivity index (χ2v) is 6.37. The molecule has 0 spiro atoms. The standard InChI is InChI=1S/C19H16N4OS/c1-24-19-22-17(15-12-25-16-10-6-5-9-14(15)16)21-18(23-19)20-11-13-7-3-2-4-8-13/h2-10,12H,11H2,1H3,(H,20,21,22,23). The highest BCUT2D eigenvalue weighted by Gasteiger charge is 2.13. The van der Waals surface area contributed by atoms with E-state index in [1.54, 1.807) is 18.4 Å². The molecule has 0 unspecified atom stereocenters. The molecule has 0 aliphatic heterocycles. The normalized spacial score (nSPS) is 10.8. The van der Waals surface area contributed by atoms with Gasteiger partial charge < -0.3 is 10.1 Å². The molecule has 4 rings (SSSR count). The lowest BCUT2D eigenvalue weighted by molar-refractivity contribution is 0.379. The van der Waals surface area contributed by atoms with Crippen LogP contribution in [-0.4, -0.2) is 22.1 Å². The fourth-order valence-electron chi connectivity index (χ4n) is 2.58. The van der Waals surface area contributed by atoms with E-state index in [0.29, 0.717) is 24.3 Å². The van der Waals surface area contributed by atoms with Crippen LogP contribution in [0.5, 0.6) is 6.01 Å². The van der Waals surface area contributed by atoms with Gasteiger partial charge in [-0.1, -0.05) is 48.5 Å². The molecule has 5 nitrogen and oxygen atoms in total. The smallest absolute Gasteiger partial charge is 0.321 e. The molecular formula is C19H16N4OS. The minimum absolute atomic E-state index is 0.302. The third-order valence-electron chi connectivity index (χ3n) is 3.81. The predicted octanol–water partition coefficient (Wildman–Crippen LogP) is 4.37. The molecule has 124 valence electrons. The quantitative estimate of drug-likeness (QED) is 0.580. The van der Waals surface area contributed by atoms with Gasteiger partial charge in [0.25, 0.3) is 0 Å². The van der Waals surface area contributed by atoms with Gasteiger partial charge >= 0.3 is 6.01 Å². The number of anilines is 1. The van der Waals surface area contributed by atoms with E-state index in [1.807, 2.05) is 30.3 Å². The Bertz CT molecular complexity index is 1000. The maximum atomic E-state index is 5.26. The summed E-state index contributed by atoms with van der Waals surface area (Å²) in [6.07, 6.45) is 0. The third-order valence-corrected chi connectivity index (χ3v) is 4.78. The Morgan fingerprint density at radius 2 is 1.76 bits per heavy atom. The minimum Gasteiger partial charge on any atom is -0.467 e. The first-order valence-corrected chi connectivity index (χ1v) is 8.76. The molecule has 1 N–H and O–H groups in total. The number of rotatable bonds is 5. The number of hydrogen-bond acceptors (Lipinski definition) is 6. The highest BCUT2D eigenvalue weighted by atomic mass is 32.1. The Balaban J connectivity index is 1.68. The summed E-state index contributed by atoms with van der Waals surface area (Å²) in [5.74, 6) is 1.11. The molecule has 0 aliphatic rings. The monoisotopic (exact) mass is 348 g/mol. The number of nitrogens with one attached hydrogen (secondary N) is 1. The molecule has 0 aliphatic carbocycles. The van der Waals surface area contributed by atoms with E-state index < -0.39 is 0 Å². The zero-order chi connectivity index (χ0) is 17.1. The average molecular weight is 348 g/mol. The van der Waals surface area contributed by atoms with Crippen molar-refractivity contribution in [3.8, 4) is 17.4 Å². The SMILES string of the molecule is COc1nc(NCc2ccccc2)nc(-c2csc3ccccc23)n1. The van der Waals surface area contributed by atoms with Crippen LogP contribution >= 0.6 is 11.3 Å². The second-order valence-electron chi connectivity index (χ2n) is 5.45. The zero-order valence-corrected chi connectivity index (χ0v) is 14.5. The molecule has 6 heteroatoms. The van der Waals surface area contributed by atoms with E-state index in [4.69, 9.17) is 4.74 Å². The van der Waals surface area contributed by atoms with E-state index in [0.717, 1.165) is 16.5 Å². The van der Waals surface area contributed by atoms with Gasteiger partial charge in [0.15, 0.2) is 5.82 Å². The first kappa shape index (κ1) is 15.5. The van der Waals surface area contributed by atoms with Crippen molar-refractivity contribution in [3.63, 3.8) is 0 Å². The van der Waals surface area contributed by atoms with Crippen molar-refractivity contribution in [2.24, 2.45) is 0 Å². The first-order valence-electron chi connectivity index (χ1n) is 7.88. The lowest BCUT2D eigenvalue weighted by atomic mass is 10.2. The Morgan fingerprint density at radius 3 is 2.60 bits per heavy atom. The number of ether oxygens (including phenoxy) is 1. The van der Waals surface area contributed by atoms with Crippen molar-refractivity contribution < 1.29 is 4.74 Å². The fraction of sp³-hybridized carbons (Fsp3) is 0.105.